The molecule has 1 unspecified atom stereocenters. The Bertz CT molecular complexity index is 465. The summed E-state index contributed by atoms with van der Waals surface area (Å²) in [5.41, 5.74) is 0.914. The van der Waals surface area contributed by atoms with Gasteiger partial charge in [-0.05, 0) is 34.9 Å². The van der Waals surface area contributed by atoms with Crippen LogP contribution in [0.5, 0.6) is 5.88 Å². The molecule has 0 saturated carbocycles. The van der Waals surface area contributed by atoms with Gasteiger partial charge in [0.15, 0.2) is 0 Å². The lowest BCUT2D eigenvalue weighted by molar-refractivity contribution is 0.121. The predicted octanol–water partition coefficient (Wildman–Crippen LogP) is 1.23. The lowest BCUT2D eigenvalue weighted by Crippen LogP contribution is -2.52. The van der Waals surface area contributed by atoms with Crippen molar-refractivity contribution in [1.82, 2.24) is 19.8 Å². The molecule has 2 heterocycles. The zero-order chi connectivity index (χ0) is 15.4. The molecule has 0 aromatic carbocycles. The van der Waals surface area contributed by atoms with Crippen LogP contribution in [0.3, 0.4) is 0 Å². The van der Waals surface area contributed by atoms with E-state index in [0.29, 0.717) is 17.9 Å². The standard InChI is InChI=1S/C15H27N5O/c1-11(2)21-14-8-12(3)17-15(18-14)16-9-13-10-19(4)6-7-20(13)5/h8,11,13H,6-7,9-10H2,1-5H3,(H,16,17,18). The molecule has 2 rings (SSSR count). The number of rotatable bonds is 5. The number of anilines is 1. The first-order valence-corrected chi connectivity index (χ1v) is 7.59. The first-order valence-electron chi connectivity index (χ1n) is 7.59. The Labute approximate surface area is 127 Å². The summed E-state index contributed by atoms with van der Waals surface area (Å²) in [7, 11) is 4.33. The number of aryl methyl sites for hydroxylation is 1. The van der Waals surface area contributed by atoms with Crippen molar-refractivity contribution in [2.24, 2.45) is 0 Å². The van der Waals surface area contributed by atoms with E-state index < -0.39 is 0 Å². The Morgan fingerprint density at radius 1 is 1.33 bits per heavy atom. The number of nitrogens with zero attached hydrogens (tertiary/aromatic N) is 4. The van der Waals surface area contributed by atoms with E-state index in [1.165, 1.54) is 0 Å². The molecule has 6 nitrogen and oxygen atoms in total. The Balaban J connectivity index is 1.97. The third-order valence-corrected chi connectivity index (χ3v) is 3.66. The molecule has 1 aliphatic rings. The zero-order valence-electron chi connectivity index (χ0n) is 13.8. The highest BCUT2D eigenvalue weighted by Crippen LogP contribution is 2.14. The third-order valence-electron chi connectivity index (χ3n) is 3.66. The molecule has 1 saturated heterocycles. The molecule has 0 aliphatic carbocycles. The summed E-state index contributed by atoms with van der Waals surface area (Å²) in [4.78, 5) is 13.6. The minimum Gasteiger partial charge on any atom is -0.475 e. The molecule has 1 aromatic rings. The number of likely N-dealkylation sites (N-methyl/N-ethyl adjacent to an activating group) is 2. The van der Waals surface area contributed by atoms with Crippen molar-refractivity contribution in [1.29, 1.82) is 0 Å². The second-order valence-corrected chi connectivity index (χ2v) is 6.12. The van der Waals surface area contributed by atoms with E-state index in [4.69, 9.17) is 4.74 Å². The molecular formula is C15H27N5O. The lowest BCUT2D eigenvalue weighted by Gasteiger charge is -2.37. The third kappa shape index (κ3) is 4.82. The van der Waals surface area contributed by atoms with Crippen LogP contribution in [0.25, 0.3) is 0 Å². The zero-order valence-corrected chi connectivity index (χ0v) is 13.8. The van der Waals surface area contributed by atoms with Gasteiger partial charge in [0.05, 0.1) is 6.10 Å². The summed E-state index contributed by atoms with van der Waals surface area (Å²) < 4.78 is 5.66. The van der Waals surface area contributed by atoms with Crippen LogP contribution in [-0.2, 0) is 0 Å². The molecule has 21 heavy (non-hydrogen) atoms. The lowest BCUT2D eigenvalue weighted by atomic mass is 10.2. The Morgan fingerprint density at radius 3 is 2.81 bits per heavy atom. The first kappa shape index (κ1) is 16.0. The van der Waals surface area contributed by atoms with E-state index in [9.17, 15) is 0 Å². The van der Waals surface area contributed by atoms with Gasteiger partial charge < -0.3 is 15.0 Å². The van der Waals surface area contributed by atoms with Crippen molar-refractivity contribution < 1.29 is 4.74 Å². The largest absolute Gasteiger partial charge is 0.475 e. The van der Waals surface area contributed by atoms with Gasteiger partial charge >= 0.3 is 0 Å². The van der Waals surface area contributed by atoms with Crippen LogP contribution in [0.4, 0.5) is 5.95 Å². The van der Waals surface area contributed by atoms with E-state index >= 15 is 0 Å². The normalized spacial score (nSPS) is 20.8. The van der Waals surface area contributed by atoms with E-state index in [0.717, 1.165) is 31.9 Å². The number of hydrogen-bond donors (Lipinski definition) is 1. The van der Waals surface area contributed by atoms with Crippen LogP contribution in [-0.4, -0.2) is 72.2 Å². The van der Waals surface area contributed by atoms with Crippen molar-refractivity contribution in [3.8, 4) is 5.88 Å². The number of ether oxygens (including phenoxy) is 1. The maximum atomic E-state index is 5.66. The molecule has 0 spiro atoms. The number of nitrogens with one attached hydrogen (secondary N) is 1. The van der Waals surface area contributed by atoms with Crippen molar-refractivity contribution in [3.63, 3.8) is 0 Å². The fraction of sp³-hybridized carbons (Fsp3) is 0.733. The average Bonchev–Trinajstić information content (AvgIpc) is 2.38. The SMILES string of the molecule is Cc1cc(OC(C)C)nc(NCC2CN(C)CCN2C)n1. The van der Waals surface area contributed by atoms with Crippen LogP contribution in [0.2, 0.25) is 0 Å². The molecule has 1 atom stereocenters. The Kier molecular flexibility index (Phi) is 5.36. The van der Waals surface area contributed by atoms with E-state index in [2.05, 4.69) is 39.2 Å². The quantitative estimate of drug-likeness (QED) is 0.881. The van der Waals surface area contributed by atoms with Gasteiger partial charge in [0.25, 0.3) is 0 Å². The highest BCUT2D eigenvalue weighted by Gasteiger charge is 2.22. The van der Waals surface area contributed by atoms with Crippen molar-refractivity contribution in [2.75, 3.05) is 45.6 Å². The maximum absolute atomic E-state index is 5.66. The van der Waals surface area contributed by atoms with Crippen LogP contribution in [0.15, 0.2) is 6.07 Å². The summed E-state index contributed by atoms with van der Waals surface area (Å²) in [6.45, 7) is 10.1. The van der Waals surface area contributed by atoms with Crippen molar-refractivity contribution in [2.45, 2.75) is 32.9 Å². The van der Waals surface area contributed by atoms with E-state index in [1.54, 1.807) is 0 Å². The van der Waals surface area contributed by atoms with Crippen LogP contribution in [0.1, 0.15) is 19.5 Å². The van der Waals surface area contributed by atoms with Crippen LogP contribution >= 0.6 is 0 Å². The van der Waals surface area contributed by atoms with Gasteiger partial charge in [-0.25, -0.2) is 4.98 Å². The van der Waals surface area contributed by atoms with Gasteiger partial charge in [-0.15, -0.1) is 0 Å². The van der Waals surface area contributed by atoms with Crippen LogP contribution < -0.4 is 10.1 Å². The highest BCUT2D eigenvalue weighted by molar-refractivity contribution is 5.31. The van der Waals surface area contributed by atoms with Gasteiger partial charge in [0.2, 0.25) is 11.8 Å². The molecule has 1 N–H and O–H groups in total. The number of hydrogen-bond acceptors (Lipinski definition) is 6. The summed E-state index contributed by atoms with van der Waals surface area (Å²) in [6.07, 6.45) is 0.116. The minimum atomic E-state index is 0.116. The van der Waals surface area contributed by atoms with Crippen LogP contribution in [0, 0.1) is 6.92 Å². The first-order chi connectivity index (χ1) is 9.94. The molecule has 6 heteroatoms. The monoisotopic (exact) mass is 293 g/mol. The molecular weight excluding hydrogens is 266 g/mol. The van der Waals surface area contributed by atoms with Gasteiger partial charge in [0.1, 0.15) is 0 Å². The van der Waals surface area contributed by atoms with Gasteiger partial charge in [-0.1, -0.05) is 0 Å². The summed E-state index contributed by atoms with van der Waals surface area (Å²) >= 11 is 0. The van der Waals surface area contributed by atoms with E-state index in [-0.39, 0.29) is 6.10 Å². The highest BCUT2D eigenvalue weighted by atomic mass is 16.5. The summed E-state index contributed by atoms with van der Waals surface area (Å²) in [5.74, 6) is 1.28. The topological polar surface area (TPSA) is 53.5 Å². The average molecular weight is 293 g/mol. The molecule has 0 bridgehead atoms. The predicted molar refractivity (Wildman–Crippen MR) is 84.9 cm³/mol. The molecule has 0 amide bonds. The second-order valence-electron chi connectivity index (χ2n) is 6.12. The summed E-state index contributed by atoms with van der Waals surface area (Å²) in [6, 6.07) is 2.34. The van der Waals surface area contributed by atoms with Gasteiger partial charge in [-0.2, -0.15) is 4.98 Å². The molecule has 1 aliphatic heterocycles. The molecule has 118 valence electrons. The molecule has 1 aromatic heterocycles. The maximum Gasteiger partial charge on any atom is 0.226 e. The van der Waals surface area contributed by atoms with Crippen molar-refractivity contribution in [3.05, 3.63) is 11.8 Å². The molecule has 1 fully saturated rings. The molecule has 0 radical (unpaired) electrons. The smallest absolute Gasteiger partial charge is 0.226 e. The van der Waals surface area contributed by atoms with E-state index in [1.807, 2.05) is 26.8 Å². The fourth-order valence-electron chi connectivity index (χ4n) is 2.45. The van der Waals surface area contributed by atoms with Crippen molar-refractivity contribution >= 4 is 5.95 Å². The summed E-state index contributed by atoms with van der Waals surface area (Å²) in [5, 5.41) is 3.35. The Morgan fingerprint density at radius 2 is 2.10 bits per heavy atom. The Hall–Kier alpha value is -1.40. The number of aromatic nitrogens is 2. The second kappa shape index (κ2) is 7.04. The minimum absolute atomic E-state index is 0.116. The fourth-order valence-corrected chi connectivity index (χ4v) is 2.45. The number of piperazine rings is 1. The van der Waals surface area contributed by atoms with Gasteiger partial charge in [-0.3, -0.25) is 4.90 Å². The van der Waals surface area contributed by atoms with Gasteiger partial charge in [0, 0.05) is 44.0 Å².